The first kappa shape index (κ1) is 21.1. The second-order valence-electron chi connectivity index (χ2n) is 5.83. The minimum atomic E-state index is -0.0974. The van der Waals surface area contributed by atoms with Crippen LogP contribution in [0.1, 0.15) is 37.3 Å². The molecule has 2 rings (SSSR count). The topological polar surface area (TPSA) is 59.9 Å². The molecule has 2 aromatic rings. The molecule has 2 aromatic carbocycles. The standard InChI is InChI=1S/C20H22Cl2N2O3/c1-3-4-5-20(25)24-23-12-14-6-9-18(19(10-14)26-2)27-13-15-7-8-16(21)11-17(15)22/h6-12H,3-5,13H2,1-2H3,(H,24,25)/b23-12+. The Bertz CT molecular complexity index is 810. The summed E-state index contributed by atoms with van der Waals surface area (Å²) in [4.78, 5) is 11.5. The van der Waals surface area contributed by atoms with Crippen molar-refractivity contribution < 1.29 is 14.3 Å². The van der Waals surface area contributed by atoms with Crippen molar-refractivity contribution in [2.45, 2.75) is 32.8 Å². The molecular formula is C20H22Cl2N2O3. The molecule has 1 N–H and O–H groups in total. The van der Waals surface area contributed by atoms with E-state index >= 15 is 0 Å². The summed E-state index contributed by atoms with van der Waals surface area (Å²) in [5.74, 6) is 1.04. The van der Waals surface area contributed by atoms with Crippen molar-refractivity contribution in [1.29, 1.82) is 0 Å². The van der Waals surface area contributed by atoms with Crippen molar-refractivity contribution >= 4 is 35.3 Å². The van der Waals surface area contributed by atoms with Crippen LogP contribution in [0.5, 0.6) is 11.5 Å². The van der Waals surface area contributed by atoms with Gasteiger partial charge >= 0.3 is 0 Å². The molecule has 0 fully saturated rings. The van der Waals surface area contributed by atoms with Gasteiger partial charge < -0.3 is 9.47 Å². The normalized spacial score (nSPS) is 10.8. The van der Waals surface area contributed by atoms with Gasteiger partial charge in [0, 0.05) is 22.0 Å². The molecule has 0 aliphatic rings. The Morgan fingerprint density at radius 1 is 1.19 bits per heavy atom. The smallest absolute Gasteiger partial charge is 0.240 e. The highest BCUT2D eigenvalue weighted by atomic mass is 35.5. The molecule has 27 heavy (non-hydrogen) atoms. The van der Waals surface area contributed by atoms with E-state index in [0.29, 0.717) is 28.0 Å². The van der Waals surface area contributed by atoms with Gasteiger partial charge in [0.2, 0.25) is 5.91 Å². The highest BCUT2D eigenvalue weighted by Gasteiger charge is 2.08. The van der Waals surface area contributed by atoms with Crippen LogP contribution in [0.3, 0.4) is 0 Å². The third kappa shape index (κ3) is 6.77. The molecule has 0 atom stereocenters. The molecule has 0 unspecified atom stereocenters. The highest BCUT2D eigenvalue weighted by Crippen LogP contribution is 2.29. The van der Waals surface area contributed by atoms with Gasteiger partial charge in [-0.2, -0.15) is 5.10 Å². The van der Waals surface area contributed by atoms with E-state index in [4.69, 9.17) is 32.7 Å². The van der Waals surface area contributed by atoms with Crippen molar-refractivity contribution in [3.63, 3.8) is 0 Å². The molecular weight excluding hydrogens is 387 g/mol. The van der Waals surface area contributed by atoms with Crippen LogP contribution < -0.4 is 14.9 Å². The SMILES string of the molecule is CCCCC(=O)N/N=C/c1ccc(OCc2ccc(Cl)cc2Cl)c(OC)c1. The number of unbranched alkanes of at least 4 members (excludes halogenated alkanes) is 1. The molecule has 0 aliphatic heterocycles. The zero-order valence-electron chi connectivity index (χ0n) is 15.3. The Kier molecular flexibility index (Phi) is 8.43. The zero-order chi connectivity index (χ0) is 19.6. The molecule has 5 nitrogen and oxygen atoms in total. The Morgan fingerprint density at radius 3 is 2.70 bits per heavy atom. The first-order chi connectivity index (χ1) is 13.0. The van der Waals surface area contributed by atoms with Crippen LogP contribution in [0, 0.1) is 0 Å². The van der Waals surface area contributed by atoms with E-state index in [9.17, 15) is 4.79 Å². The van der Waals surface area contributed by atoms with Gasteiger partial charge in [-0.05, 0) is 42.3 Å². The van der Waals surface area contributed by atoms with Gasteiger partial charge in [-0.3, -0.25) is 4.79 Å². The molecule has 0 spiro atoms. The van der Waals surface area contributed by atoms with Crippen molar-refractivity contribution in [3.8, 4) is 11.5 Å². The maximum Gasteiger partial charge on any atom is 0.240 e. The Hall–Kier alpha value is -2.24. The van der Waals surface area contributed by atoms with Crippen LogP contribution in [-0.2, 0) is 11.4 Å². The summed E-state index contributed by atoms with van der Waals surface area (Å²) >= 11 is 12.1. The number of halogens is 2. The van der Waals surface area contributed by atoms with Crippen molar-refractivity contribution in [2.24, 2.45) is 5.10 Å². The molecule has 144 valence electrons. The van der Waals surface area contributed by atoms with Gasteiger partial charge in [0.15, 0.2) is 11.5 Å². The molecule has 0 saturated carbocycles. The summed E-state index contributed by atoms with van der Waals surface area (Å²) in [6.45, 7) is 2.32. The second-order valence-corrected chi connectivity index (χ2v) is 6.68. The van der Waals surface area contributed by atoms with Crippen LogP contribution in [0.4, 0.5) is 0 Å². The third-order valence-corrected chi connectivity index (χ3v) is 4.33. The number of amides is 1. The Morgan fingerprint density at radius 2 is 2.00 bits per heavy atom. The number of carbonyl (C=O) groups excluding carboxylic acids is 1. The minimum Gasteiger partial charge on any atom is -0.493 e. The van der Waals surface area contributed by atoms with Gasteiger partial charge in [0.05, 0.1) is 13.3 Å². The lowest BCUT2D eigenvalue weighted by Gasteiger charge is -2.12. The van der Waals surface area contributed by atoms with Gasteiger partial charge in [-0.25, -0.2) is 5.43 Å². The van der Waals surface area contributed by atoms with Gasteiger partial charge in [-0.15, -0.1) is 0 Å². The first-order valence-electron chi connectivity index (χ1n) is 8.60. The summed E-state index contributed by atoms with van der Waals surface area (Å²) in [7, 11) is 1.56. The largest absolute Gasteiger partial charge is 0.493 e. The number of methoxy groups -OCH3 is 1. The predicted molar refractivity (Wildman–Crippen MR) is 109 cm³/mol. The number of nitrogens with zero attached hydrogens (tertiary/aromatic N) is 1. The van der Waals surface area contributed by atoms with Crippen molar-refractivity contribution in [1.82, 2.24) is 5.43 Å². The Labute approximate surface area is 169 Å². The number of ether oxygens (including phenoxy) is 2. The van der Waals surface area contributed by atoms with E-state index in [-0.39, 0.29) is 12.5 Å². The fourth-order valence-electron chi connectivity index (χ4n) is 2.25. The molecule has 0 bridgehead atoms. The Balaban J connectivity index is 1.99. The number of nitrogens with one attached hydrogen (secondary N) is 1. The minimum absolute atomic E-state index is 0.0974. The van der Waals surface area contributed by atoms with Crippen LogP contribution in [-0.4, -0.2) is 19.2 Å². The van der Waals surface area contributed by atoms with Crippen LogP contribution in [0.15, 0.2) is 41.5 Å². The second kappa shape index (κ2) is 10.8. The van der Waals surface area contributed by atoms with E-state index < -0.39 is 0 Å². The van der Waals surface area contributed by atoms with Crippen molar-refractivity contribution in [3.05, 3.63) is 57.6 Å². The first-order valence-corrected chi connectivity index (χ1v) is 9.35. The lowest BCUT2D eigenvalue weighted by atomic mass is 10.2. The van der Waals surface area contributed by atoms with Crippen LogP contribution in [0.25, 0.3) is 0 Å². The summed E-state index contributed by atoms with van der Waals surface area (Å²) in [6, 6.07) is 10.6. The summed E-state index contributed by atoms with van der Waals surface area (Å²) < 4.78 is 11.2. The monoisotopic (exact) mass is 408 g/mol. The number of rotatable bonds is 9. The molecule has 0 radical (unpaired) electrons. The van der Waals surface area contributed by atoms with Gasteiger partial charge in [-0.1, -0.05) is 42.6 Å². The number of benzene rings is 2. The lowest BCUT2D eigenvalue weighted by Crippen LogP contribution is -2.16. The average molecular weight is 409 g/mol. The molecule has 0 saturated heterocycles. The summed E-state index contributed by atoms with van der Waals surface area (Å²) in [5, 5.41) is 5.08. The van der Waals surface area contributed by atoms with Gasteiger partial charge in [0.1, 0.15) is 6.61 Å². The fraction of sp³-hybridized carbons (Fsp3) is 0.300. The maximum absolute atomic E-state index is 11.5. The van der Waals surface area contributed by atoms with E-state index in [0.717, 1.165) is 24.0 Å². The molecule has 0 aliphatic carbocycles. The van der Waals surface area contributed by atoms with E-state index in [1.807, 2.05) is 19.1 Å². The fourth-order valence-corrected chi connectivity index (χ4v) is 2.71. The molecule has 0 heterocycles. The van der Waals surface area contributed by atoms with Crippen molar-refractivity contribution in [2.75, 3.05) is 7.11 Å². The summed E-state index contributed by atoms with van der Waals surface area (Å²) in [6.07, 6.45) is 3.85. The molecule has 7 heteroatoms. The quantitative estimate of drug-likeness (QED) is 0.456. The number of hydrogen-bond acceptors (Lipinski definition) is 4. The molecule has 1 amide bonds. The predicted octanol–water partition coefficient (Wildman–Crippen LogP) is 5.22. The average Bonchev–Trinajstić information content (AvgIpc) is 2.66. The number of carbonyl (C=O) groups is 1. The van der Waals surface area contributed by atoms with Crippen LogP contribution in [0.2, 0.25) is 10.0 Å². The van der Waals surface area contributed by atoms with E-state index in [2.05, 4.69) is 10.5 Å². The lowest BCUT2D eigenvalue weighted by molar-refractivity contribution is -0.121. The van der Waals surface area contributed by atoms with E-state index in [1.165, 1.54) is 0 Å². The zero-order valence-corrected chi connectivity index (χ0v) is 16.8. The van der Waals surface area contributed by atoms with Crippen LogP contribution >= 0.6 is 23.2 Å². The summed E-state index contributed by atoms with van der Waals surface area (Å²) in [5.41, 5.74) is 4.11. The van der Waals surface area contributed by atoms with Gasteiger partial charge in [0.25, 0.3) is 0 Å². The highest BCUT2D eigenvalue weighted by molar-refractivity contribution is 6.35. The molecule has 0 aromatic heterocycles. The maximum atomic E-state index is 11.5. The third-order valence-electron chi connectivity index (χ3n) is 3.75. The number of hydrogen-bond donors (Lipinski definition) is 1. The van der Waals surface area contributed by atoms with E-state index in [1.54, 1.807) is 37.6 Å². The number of hydrazone groups is 1.